The highest BCUT2D eigenvalue weighted by molar-refractivity contribution is 5.74. The first-order valence-corrected chi connectivity index (χ1v) is 5.55. The van der Waals surface area contributed by atoms with Crippen LogP contribution in [0.15, 0.2) is 24.3 Å². The fourth-order valence-corrected chi connectivity index (χ4v) is 2.23. The lowest BCUT2D eigenvalue weighted by molar-refractivity contribution is -0.145. The molecule has 0 radical (unpaired) electrons. The summed E-state index contributed by atoms with van der Waals surface area (Å²) in [5.74, 6) is -0.174. The van der Waals surface area contributed by atoms with E-state index in [9.17, 15) is 4.79 Å². The number of hydrogen-bond acceptors (Lipinski definition) is 4. The Kier molecular flexibility index (Phi) is 3.40. The summed E-state index contributed by atoms with van der Waals surface area (Å²) in [5, 5.41) is 11.9. The second-order valence-corrected chi connectivity index (χ2v) is 4.13. The minimum atomic E-state index is -0.177. The third-order valence-electron chi connectivity index (χ3n) is 3.19. The Labute approximate surface area is 100 Å². The number of esters is 1. The number of carbonyl (C=O) groups is 1. The molecule has 1 heterocycles. The number of benzene rings is 1. The van der Waals surface area contributed by atoms with Gasteiger partial charge in [-0.25, -0.2) is 0 Å². The number of nitrogens with zero attached hydrogens (tertiary/aromatic N) is 1. The maximum Gasteiger partial charge on any atom is 0.310 e. The fourth-order valence-electron chi connectivity index (χ4n) is 2.23. The second kappa shape index (κ2) is 4.98. The molecule has 2 rings (SSSR count). The summed E-state index contributed by atoms with van der Waals surface area (Å²) in [4.78, 5) is 11.6. The third kappa shape index (κ3) is 2.29. The first-order valence-electron chi connectivity index (χ1n) is 5.55. The standard InChI is InChI=1S/C13H14N2O2/c1-17-13(16)12-8-15-7-11(12)10-4-2-9(6-14)3-5-10/h2-5,11-12,15H,7-8H2,1H3. The topological polar surface area (TPSA) is 62.1 Å². The van der Waals surface area contributed by atoms with Gasteiger partial charge in [-0.05, 0) is 17.7 Å². The molecule has 0 amide bonds. The van der Waals surface area contributed by atoms with Crippen molar-refractivity contribution in [2.45, 2.75) is 5.92 Å². The Morgan fingerprint density at radius 1 is 1.41 bits per heavy atom. The largest absolute Gasteiger partial charge is 0.469 e. The molecular weight excluding hydrogens is 216 g/mol. The Hall–Kier alpha value is -1.86. The minimum Gasteiger partial charge on any atom is -0.469 e. The number of nitrogens with one attached hydrogen (secondary N) is 1. The quantitative estimate of drug-likeness (QED) is 0.771. The van der Waals surface area contributed by atoms with Gasteiger partial charge in [0.25, 0.3) is 0 Å². The van der Waals surface area contributed by atoms with Crippen LogP contribution in [0.25, 0.3) is 0 Å². The molecule has 0 saturated carbocycles. The predicted molar refractivity (Wildman–Crippen MR) is 62.3 cm³/mol. The first kappa shape index (κ1) is 11.6. The van der Waals surface area contributed by atoms with Gasteiger partial charge in [-0.15, -0.1) is 0 Å². The van der Waals surface area contributed by atoms with Gasteiger partial charge in [0.1, 0.15) is 0 Å². The number of ether oxygens (including phenoxy) is 1. The van der Waals surface area contributed by atoms with Crippen molar-refractivity contribution in [2.24, 2.45) is 5.92 Å². The molecule has 0 aromatic heterocycles. The van der Waals surface area contributed by atoms with Gasteiger partial charge in [0.2, 0.25) is 0 Å². The summed E-state index contributed by atoms with van der Waals surface area (Å²) >= 11 is 0. The van der Waals surface area contributed by atoms with E-state index in [2.05, 4.69) is 11.4 Å². The number of rotatable bonds is 2. The van der Waals surface area contributed by atoms with Gasteiger partial charge in [-0.2, -0.15) is 5.26 Å². The molecule has 2 atom stereocenters. The molecule has 1 aliphatic rings. The highest BCUT2D eigenvalue weighted by Crippen LogP contribution is 2.29. The van der Waals surface area contributed by atoms with Crippen molar-refractivity contribution in [1.29, 1.82) is 5.26 Å². The van der Waals surface area contributed by atoms with Crippen molar-refractivity contribution >= 4 is 5.97 Å². The zero-order valence-electron chi connectivity index (χ0n) is 9.64. The zero-order valence-corrected chi connectivity index (χ0v) is 9.64. The molecule has 4 nitrogen and oxygen atoms in total. The average Bonchev–Trinajstić information content (AvgIpc) is 2.87. The van der Waals surface area contributed by atoms with Crippen molar-refractivity contribution in [1.82, 2.24) is 5.32 Å². The Morgan fingerprint density at radius 2 is 2.12 bits per heavy atom. The SMILES string of the molecule is COC(=O)C1CNCC1c1ccc(C#N)cc1. The maximum absolute atomic E-state index is 11.6. The van der Waals surface area contributed by atoms with Gasteiger partial charge < -0.3 is 10.1 Å². The van der Waals surface area contributed by atoms with Crippen LogP contribution in [0.3, 0.4) is 0 Å². The number of carbonyl (C=O) groups excluding carboxylic acids is 1. The highest BCUT2D eigenvalue weighted by atomic mass is 16.5. The Bertz CT molecular complexity index is 447. The average molecular weight is 230 g/mol. The third-order valence-corrected chi connectivity index (χ3v) is 3.19. The van der Waals surface area contributed by atoms with Crippen molar-refractivity contribution in [2.75, 3.05) is 20.2 Å². The van der Waals surface area contributed by atoms with Crippen LogP contribution in [-0.2, 0) is 9.53 Å². The van der Waals surface area contributed by atoms with E-state index >= 15 is 0 Å². The molecule has 1 aromatic rings. The van der Waals surface area contributed by atoms with Gasteiger partial charge >= 0.3 is 5.97 Å². The van der Waals surface area contributed by atoms with E-state index in [0.29, 0.717) is 12.1 Å². The van der Waals surface area contributed by atoms with E-state index in [1.165, 1.54) is 7.11 Å². The number of methoxy groups -OCH3 is 1. The highest BCUT2D eigenvalue weighted by Gasteiger charge is 2.34. The zero-order chi connectivity index (χ0) is 12.3. The van der Waals surface area contributed by atoms with Crippen LogP contribution in [0.4, 0.5) is 0 Å². The Morgan fingerprint density at radius 3 is 2.71 bits per heavy atom. The smallest absolute Gasteiger partial charge is 0.310 e. The molecule has 0 aliphatic carbocycles. The van der Waals surface area contributed by atoms with Gasteiger partial charge in [0, 0.05) is 19.0 Å². The lowest BCUT2D eigenvalue weighted by Crippen LogP contribution is -2.22. The van der Waals surface area contributed by atoms with E-state index in [4.69, 9.17) is 10.00 Å². The molecule has 17 heavy (non-hydrogen) atoms. The summed E-state index contributed by atoms with van der Waals surface area (Å²) in [6, 6.07) is 9.46. The van der Waals surface area contributed by atoms with Crippen LogP contribution in [0, 0.1) is 17.2 Å². The summed E-state index contributed by atoms with van der Waals surface area (Å²) in [7, 11) is 1.41. The molecule has 2 unspecified atom stereocenters. The summed E-state index contributed by atoms with van der Waals surface area (Å²) < 4.78 is 4.80. The van der Waals surface area contributed by atoms with Crippen LogP contribution in [0.1, 0.15) is 17.0 Å². The van der Waals surface area contributed by atoms with E-state index < -0.39 is 0 Å². The van der Waals surface area contributed by atoms with E-state index in [1.54, 1.807) is 12.1 Å². The summed E-state index contributed by atoms with van der Waals surface area (Å²) in [5.41, 5.74) is 1.71. The van der Waals surface area contributed by atoms with E-state index in [0.717, 1.165) is 12.1 Å². The van der Waals surface area contributed by atoms with Crippen molar-refractivity contribution in [3.05, 3.63) is 35.4 Å². The molecule has 1 aliphatic heterocycles. The molecule has 88 valence electrons. The molecular formula is C13H14N2O2. The van der Waals surface area contributed by atoms with Gasteiger partial charge in [-0.1, -0.05) is 12.1 Å². The fraction of sp³-hybridized carbons (Fsp3) is 0.385. The van der Waals surface area contributed by atoms with Crippen LogP contribution in [0.2, 0.25) is 0 Å². The lowest BCUT2D eigenvalue weighted by Gasteiger charge is -2.16. The maximum atomic E-state index is 11.6. The van der Waals surface area contributed by atoms with Crippen LogP contribution in [-0.4, -0.2) is 26.2 Å². The Balaban J connectivity index is 2.20. The first-order chi connectivity index (χ1) is 8.26. The van der Waals surface area contributed by atoms with E-state index in [1.807, 2.05) is 12.1 Å². The number of hydrogen-bond donors (Lipinski definition) is 1. The molecule has 1 aromatic carbocycles. The molecule has 1 fully saturated rings. The molecule has 1 saturated heterocycles. The second-order valence-electron chi connectivity index (χ2n) is 4.13. The van der Waals surface area contributed by atoms with Crippen molar-refractivity contribution in [3.63, 3.8) is 0 Å². The summed E-state index contributed by atoms with van der Waals surface area (Å²) in [6.07, 6.45) is 0. The van der Waals surface area contributed by atoms with Gasteiger partial charge in [0.05, 0.1) is 24.7 Å². The summed E-state index contributed by atoms with van der Waals surface area (Å²) in [6.45, 7) is 1.42. The number of nitriles is 1. The molecule has 1 N–H and O–H groups in total. The van der Waals surface area contributed by atoms with Gasteiger partial charge in [-0.3, -0.25) is 4.79 Å². The van der Waals surface area contributed by atoms with Crippen LogP contribution >= 0.6 is 0 Å². The van der Waals surface area contributed by atoms with Crippen molar-refractivity contribution in [3.8, 4) is 6.07 Å². The normalized spacial score (nSPS) is 23.1. The molecule has 0 bridgehead atoms. The predicted octanol–water partition coefficient (Wildman–Crippen LogP) is 1.03. The molecule has 0 spiro atoms. The van der Waals surface area contributed by atoms with Crippen LogP contribution < -0.4 is 5.32 Å². The molecule has 4 heteroatoms. The van der Waals surface area contributed by atoms with Gasteiger partial charge in [0.15, 0.2) is 0 Å². The van der Waals surface area contributed by atoms with Crippen LogP contribution in [0.5, 0.6) is 0 Å². The minimum absolute atomic E-state index is 0.132. The monoisotopic (exact) mass is 230 g/mol. The van der Waals surface area contributed by atoms with E-state index in [-0.39, 0.29) is 17.8 Å². The van der Waals surface area contributed by atoms with Crippen molar-refractivity contribution < 1.29 is 9.53 Å². The lowest BCUT2D eigenvalue weighted by atomic mass is 9.88.